The van der Waals surface area contributed by atoms with Gasteiger partial charge in [-0.15, -0.1) is 16.4 Å². The summed E-state index contributed by atoms with van der Waals surface area (Å²) in [7, 11) is 0. The van der Waals surface area contributed by atoms with E-state index in [1.165, 1.54) is 4.88 Å². The summed E-state index contributed by atoms with van der Waals surface area (Å²) in [5.41, 5.74) is 1.77. The first kappa shape index (κ1) is 14.0. The summed E-state index contributed by atoms with van der Waals surface area (Å²) in [6, 6.07) is 3.52. The number of aromatic nitrogens is 4. The maximum Gasteiger partial charge on any atom is 0.156 e. The molecule has 0 saturated heterocycles. The molecule has 1 N–H and O–H groups in total. The van der Waals surface area contributed by atoms with Crippen LogP contribution in [-0.2, 0) is 19.6 Å². The van der Waals surface area contributed by atoms with Crippen LogP contribution in [0.2, 0.25) is 0 Å². The van der Waals surface area contributed by atoms with Crippen molar-refractivity contribution < 1.29 is 9.52 Å². The van der Waals surface area contributed by atoms with E-state index in [1.54, 1.807) is 28.2 Å². The van der Waals surface area contributed by atoms with E-state index in [-0.39, 0.29) is 6.61 Å². The highest BCUT2D eigenvalue weighted by molar-refractivity contribution is 7.11. The first-order valence-corrected chi connectivity index (χ1v) is 7.50. The second kappa shape index (κ2) is 5.79. The molecule has 0 radical (unpaired) electrons. The predicted molar refractivity (Wildman–Crippen MR) is 78.9 cm³/mol. The largest absolute Gasteiger partial charge is 0.457 e. The number of aliphatic hydroxyl groups excluding tert-OH is 1. The fourth-order valence-electron chi connectivity index (χ4n) is 1.98. The highest BCUT2D eigenvalue weighted by atomic mass is 32.1. The Balaban J connectivity index is 1.67. The second-order valence-electron chi connectivity index (χ2n) is 4.79. The Kier molecular flexibility index (Phi) is 3.85. The van der Waals surface area contributed by atoms with Crippen LogP contribution in [0.1, 0.15) is 21.3 Å². The third kappa shape index (κ3) is 3.03. The van der Waals surface area contributed by atoms with E-state index in [0.29, 0.717) is 17.2 Å². The van der Waals surface area contributed by atoms with Crippen molar-refractivity contribution in [3.8, 4) is 11.5 Å². The van der Waals surface area contributed by atoms with Crippen LogP contribution in [0, 0.1) is 13.8 Å². The van der Waals surface area contributed by atoms with Crippen LogP contribution in [-0.4, -0.2) is 25.1 Å². The summed E-state index contributed by atoms with van der Waals surface area (Å²) >= 11 is 1.72. The molecule has 0 saturated carbocycles. The van der Waals surface area contributed by atoms with Crippen molar-refractivity contribution in [1.82, 2.24) is 20.0 Å². The minimum atomic E-state index is -0.114. The summed E-state index contributed by atoms with van der Waals surface area (Å²) in [5, 5.41) is 18.3. The normalized spacial score (nSPS) is 11.2. The highest BCUT2D eigenvalue weighted by Crippen LogP contribution is 2.20. The van der Waals surface area contributed by atoms with E-state index in [2.05, 4.69) is 22.2 Å². The van der Waals surface area contributed by atoms with Crippen molar-refractivity contribution in [3.05, 3.63) is 39.7 Å². The quantitative estimate of drug-likeness (QED) is 0.783. The van der Waals surface area contributed by atoms with Crippen LogP contribution in [0.25, 0.3) is 11.5 Å². The molecule has 0 aliphatic heterocycles. The molecule has 0 aliphatic rings. The van der Waals surface area contributed by atoms with Gasteiger partial charge >= 0.3 is 0 Å². The van der Waals surface area contributed by atoms with Gasteiger partial charge in [-0.2, -0.15) is 0 Å². The fourth-order valence-corrected chi connectivity index (χ4v) is 2.90. The Morgan fingerprint density at radius 2 is 2.19 bits per heavy atom. The Morgan fingerprint density at radius 1 is 1.33 bits per heavy atom. The first-order chi connectivity index (χ1) is 10.2. The van der Waals surface area contributed by atoms with Crippen molar-refractivity contribution in [3.63, 3.8) is 0 Å². The lowest BCUT2D eigenvalue weighted by Crippen LogP contribution is -2.01. The third-order valence-electron chi connectivity index (χ3n) is 3.24. The zero-order valence-corrected chi connectivity index (χ0v) is 12.7. The lowest BCUT2D eigenvalue weighted by atomic mass is 10.3. The van der Waals surface area contributed by atoms with Gasteiger partial charge in [-0.05, 0) is 26.0 Å². The number of furan rings is 1. The predicted octanol–water partition coefficient (Wildman–Crippen LogP) is 2.35. The van der Waals surface area contributed by atoms with Crippen LogP contribution in [0.5, 0.6) is 0 Å². The van der Waals surface area contributed by atoms with Crippen molar-refractivity contribution in [2.75, 3.05) is 0 Å². The van der Waals surface area contributed by atoms with Crippen molar-refractivity contribution in [2.45, 2.75) is 33.4 Å². The Bertz CT molecular complexity index is 724. The molecule has 0 fully saturated rings. The zero-order valence-electron chi connectivity index (χ0n) is 11.9. The lowest BCUT2D eigenvalue weighted by Gasteiger charge is -1.96. The van der Waals surface area contributed by atoms with E-state index >= 15 is 0 Å². The van der Waals surface area contributed by atoms with Gasteiger partial charge in [0.05, 0.1) is 16.9 Å². The molecule has 21 heavy (non-hydrogen) atoms. The van der Waals surface area contributed by atoms with E-state index in [4.69, 9.17) is 9.52 Å². The second-order valence-corrected chi connectivity index (χ2v) is 6.08. The number of thiazole rings is 1. The van der Waals surface area contributed by atoms with Crippen LogP contribution < -0.4 is 0 Å². The van der Waals surface area contributed by atoms with Gasteiger partial charge in [0.2, 0.25) is 0 Å². The van der Waals surface area contributed by atoms with Crippen LogP contribution >= 0.6 is 11.3 Å². The number of nitrogens with zero attached hydrogens (tertiary/aromatic N) is 4. The van der Waals surface area contributed by atoms with Gasteiger partial charge in [0.1, 0.15) is 18.1 Å². The fraction of sp³-hybridized carbons (Fsp3) is 0.357. The molecule has 0 atom stereocenters. The minimum absolute atomic E-state index is 0.114. The standard InChI is InChI=1S/C14H16N4O2S/c1-9-10(2)21-14(15-9)5-6-18-7-12(16-17-18)13-4-3-11(8-19)20-13/h3-4,7,19H,5-6,8H2,1-2H3. The number of aryl methyl sites for hydroxylation is 4. The molecule has 3 rings (SSSR count). The van der Waals surface area contributed by atoms with Crippen molar-refractivity contribution in [2.24, 2.45) is 0 Å². The molecule has 0 spiro atoms. The lowest BCUT2D eigenvalue weighted by molar-refractivity contribution is 0.248. The average Bonchev–Trinajstić information content (AvgIpc) is 3.17. The zero-order chi connectivity index (χ0) is 14.8. The van der Waals surface area contributed by atoms with Gasteiger partial charge in [0.25, 0.3) is 0 Å². The summed E-state index contributed by atoms with van der Waals surface area (Å²) in [6.07, 6.45) is 2.68. The monoisotopic (exact) mass is 304 g/mol. The van der Waals surface area contributed by atoms with Gasteiger partial charge in [-0.1, -0.05) is 5.21 Å². The molecule has 110 valence electrons. The summed E-state index contributed by atoms with van der Waals surface area (Å²) in [5.74, 6) is 1.14. The van der Waals surface area contributed by atoms with Crippen LogP contribution in [0.3, 0.4) is 0 Å². The average molecular weight is 304 g/mol. The van der Waals surface area contributed by atoms with Crippen molar-refractivity contribution >= 4 is 11.3 Å². The van der Waals surface area contributed by atoms with Crippen molar-refractivity contribution in [1.29, 1.82) is 0 Å². The third-order valence-corrected chi connectivity index (χ3v) is 4.37. The Labute approximate surface area is 126 Å². The van der Waals surface area contributed by atoms with Gasteiger partial charge in [0.15, 0.2) is 5.76 Å². The molecule has 0 amide bonds. The molecule has 6 nitrogen and oxygen atoms in total. The maximum absolute atomic E-state index is 9.00. The summed E-state index contributed by atoms with van der Waals surface area (Å²) in [4.78, 5) is 5.78. The molecular weight excluding hydrogens is 288 g/mol. The maximum atomic E-state index is 9.00. The molecule has 0 unspecified atom stereocenters. The van der Waals surface area contributed by atoms with Gasteiger partial charge in [0, 0.05) is 17.8 Å². The molecule has 3 heterocycles. The van der Waals surface area contributed by atoms with E-state index in [1.807, 2.05) is 13.1 Å². The van der Waals surface area contributed by atoms with E-state index < -0.39 is 0 Å². The van der Waals surface area contributed by atoms with Crippen LogP contribution in [0.4, 0.5) is 0 Å². The molecule has 3 aromatic rings. The molecular formula is C14H16N4O2S. The number of hydrogen-bond acceptors (Lipinski definition) is 6. The number of aliphatic hydroxyl groups is 1. The van der Waals surface area contributed by atoms with Gasteiger partial charge in [-0.25, -0.2) is 4.98 Å². The molecule has 0 aromatic carbocycles. The first-order valence-electron chi connectivity index (χ1n) is 6.68. The molecule has 3 aromatic heterocycles. The topological polar surface area (TPSA) is 77.0 Å². The highest BCUT2D eigenvalue weighted by Gasteiger charge is 2.09. The molecule has 0 bridgehead atoms. The van der Waals surface area contributed by atoms with Gasteiger partial charge in [-0.3, -0.25) is 4.68 Å². The van der Waals surface area contributed by atoms with Crippen LogP contribution in [0.15, 0.2) is 22.7 Å². The smallest absolute Gasteiger partial charge is 0.156 e. The SMILES string of the molecule is Cc1nc(CCn2cc(-c3ccc(CO)o3)nn2)sc1C. The number of rotatable bonds is 5. The summed E-state index contributed by atoms with van der Waals surface area (Å²) in [6.45, 7) is 4.72. The Morgan fingerprint density at radius 3 is 2.86 bits per heavy atom. The number of hydrogen-bond donors (Lipinski definition) is 1. The summed E-state index contributed by atoms with van der Waals surface area (Å²) < 4.78 is 7.22. The van der Waals surface area contributed by atoms with E-state index in [0.717, 1.165) is 23.7 Å². The van der Waals surface area contributed by atoms with E-state index in [9.17, 15) is 0 Å². The minimum Gasteiger partial charge on any atom is -0.457 e. The molecule has 7 heteroatoms. The van der Waals surface area contributed by atoms with Gasteiger partial charge < -0.3 is 9.52 Å². The molecule has 0 aliphatic carbocycles. The Hall–Kier alpha value is -1.99.